The van der Waals surface area contributed by atoms with E-state index in [2.05, 4.69) is 13.8 Å². The smallest absolute Gasteiger partial charge is 0.263 e. The minimum atomic E-state index is -0.0609. The number of likely N-dealkylation sites (tertiary alicyclic amines) is 1. The number of piperidine rings is 1. The van der Waals surface area contributed by atoms with Crippen LogP contribution < -0.4 is 5.73 Å². The summed E-state index contributed by atoms with van der Waals surface area (Å²) in [7, 11) is 0. The lowest BCUT2D eigenvalue weighted by atomic mass is 9.79. The van der Waals surface area contributed by atoms with Gasteiger partial charge in [-0.1, -0.05) is 13.8 Å². The van der Waals surface area contributed by atoms with Gasteiger partial charge in [0.2, 0.25) is 0 Å². The largest absolute Gasteiger partial charge is 0.337 e. The van der Waals surface area contributed by atoms with Crippen LogP contribution in [0.4, 0.5) is 0 Å². The molecule has 104 valence electrons. The van der Waals surface area contributed by atoms with Gasteiger partial charge >= 0.3 is 0 Å². The average Bonchev–Trinajstić information content (AvgIpc) is 2.81. The van der Waals surface area contributed by atoms with Crippen molar-refractivity contribution in [2.75, 3.05) is 13.1 Å². The molecule has 1 saturated heterocycles. The summed E-state index contributed by atoms with van der Waals surface area (Å²) in [4.78, 5) is 26.8. The van der Waals surface area contributed by atoms with E-state index in [9.17, 15) is 9.59 Å². The lowest BCUT2D eigenvalue weighted by Gasteiger charge is -2.42. The highest BCUT2D eigenvalue weighted by Crippen LogP contribution is 2.29. The number of hydrogen-bond acceptors (Lipinski definition) is 4. The maximum absolute atomic E-state index is 12.4. The van der Waals surface area contributed by atoms with Gasteiger partial charge in [-0.15, -0.1) is 11.3 Å². The van der Waals surface area contributed by atoms with Crippen LogP contribution in [0.5, 0.6) is 0 Å². The standard InChI is InChI=1S/C14H20N2O2S/c1-9(17)10-4-5-11(19-10)13(18)16-7-6-12(15)14(2,3)8-16/h4-5,12H,6-8,15H2,1-3H3. The summed E-state index contributed by atoms with van der Waals surface area (Å²) in [6.07, 6.45) is 0.823. The van der Waals surface area contributed by atoms with Crippen molar-refractivity contribution in [3.63, 3.8) is 0 Å². The third-order valence-corrected chi connectivity index (χ3v) is 4.94. The van der Waals surface area contributed by atoms with Gasteiger partial charge in [0.25, 0.3) is 5.91 Å². The Morgan fingerprint density at radius 1 is 1.37 bits per heavy atom. The Hall–Kier alpha value is -1.20. The second-order valence-electron chi connectivity index (χ2n) is 5.83. The quantitative estimate of drug-likeness (QED) is 0.844. The predicted molar refractivity (Wildman–Crippen MR) is 76.6 cm³/mol. The number of thiophene rings is 1. The average molecular weight is 280 g/mol. The van der Waals surface area contributed by atoms with Crippen molar-refractivity contribution in [1.29, 1.82) is 0 Å². The van der Waals surface area contributed by atoms with Crippen LogP contribution in [0.1, 0.15) is 46.5 Å². The summed E-state index contributed by atoms with van der Waals surface area (Å²) < 4.78 is 0. The molecule has 1 fully saturated rings. The Kier molecular flexibility index (Phi) is 3.78. The number of rotatable bonds is 2. The highest BCUT2D eigenvalue weighted by molar-refractivity contribution is 7.15. The van der Waals surface area contributed by atoms with Crippen molar-refractivity contribution >= 4 is 23.0 Å². The van der Waals surface area contributed by atoms with E-state index in [-0.39, 0.29) is 23.1 Å². The molecule has 2 N–H and O–H groups in total. The molecule has 0 aliphatic carbocycles. The Morgan fingerprint density at radius 2 is 2.00 bits per heavy atom. The lowest BCUT2D eigenvalue weighted by molar-refractivity contribution is 0.0537. The highest BCUT2D eigenvalue weighted by Gasteiger charge is 2.35. The summed E-state index contributed by atoms with van der Waals surface area (Å²) in [6, 6.07) is 3.60. The van der Waals surface area contributed by atoms with Crippen molar-refractivity contribution in [2.45, 2.75) is 33.2 Å². The first-order valence-corrected chi connectivity index (χ1v) is 7.28. The van der Waals surface area contributed by atoms with Gasteiger partial charge in [0.15, 0.2) is 5.78 Å². The number of Topliss-reactive ketones (excluding diaryl/α,β-unsaturated/α-hetero) is 1. The van der Waals surface area contributed by atoms with Gasteiger partial charge in [-0.2, -0.15) is 0 Å². The van der Waals surface area contributed by atoms with Gasteiger partial charge in [-0.3, -0.25) is 9.59 Å². The summed E-state index contributed by atoms with van der Waals surface area (Å²) in [5, 5.41) is 0. The van der Waals surface area contributed by atoms with Crippen molar-refractivity contribution < 1.29 is 9.59 Å². The van der Waals surface area contributed by atoms with Crippen LogP contribution in [0.15, 0.2) is 12.1 Å². The Bertz CT molecular complexity index is 507. The third kappa shape index (κ3) is 2.87. The maximum Gasteiger partial charge on any atom is 0.263 e. The van der Waals surface area contributed by atoms with Crippen LogP contribution in [0, 0.1) is 5.41 Å². The van der Waals surface area contributed by atoms with Gasteiger partial charge in [0, 0.05) is 19.1 Å². The van der Waals surface area contributed by atoms with Gasteiger partial charge in [-0.25, -0.2) is 0 Å². The lowest BCUT2D eigenvalue weighted by Crippen LogP contribution is -2.53. The molecule has 19 heavy (non-hydrogen) atoms. The molecule has 0 saturated carbocycles. The Morgan fingerprint density at radius 3 is 2.53 bits per heavy atom. The third-order valence-electron chi connectivity index (χ3n) is 3.76. The van der Waals surface area contributed by atoms with Crippen LogP contribution in [-0.4, -0.2) is 35.7 Å². The van der Waals surface area contributed by atoms with E-state index < -0.39 is 0 Å². The monoisotopic (exact) mass is 280 g/mol. The predicted octanol–water partition coefficient (Wildman–Crippen LogP) is 2.15. The van der Waals surface area contributed by atoms with Crippen LogP contribution in [0.3, 0.4) is 0 Å². The number of nitrogens with zero attached hydrogens (tertiary/aromatic N) is 1. The van der Waals surface area contributed by atoms with Gasteiger partial charge in [0.1, 0.15) is 0 Å². The van der Waals surface area contributed by atoms with Crippen molar-refractivity contribution in [2.24, 2.45) is 11.1 Å². The van der Waals surface area contributed by atoms with E-state index >= 15 is 0 Å². The first kappa shape index (κ1) is 14.2. The molecule has 1 unspecified atom stereocenters. The summed E-state index contributed by atoms with van der Waals surface area (Å²) in [5.41, 5.74) is 6.02. The number of hydrogen-bond donors (Lipinski definition) is 1. The minimum absolute atomic E-state index is 0.00467. The molecule has 0 spiro atoms. The normalized spacial score (nSPS) is 22.3. The zero-order chi connectivity index (χ0) is 14.2. The molecule has 1 atom stereocenters. The van der Waals surface area contributed by atoms with E-state index in [1.54, 1.807) is 12.1 Å². The number of carbonyl (C=O) groups is 2. The van der Waals surface area contributed by atoms with Gasteiger partial charge in [0.05, 0.1) is 9.75 Å². The molecule has 0 bridgehead atoms. The fourth-order valence-electron chi connectivity index (χ4n) is 2.35. The van der Waals surface area contributed by atoms with Crippen LogP contribution in [0.2, 0.25) is 0 Å². The van der Waals surface area contributed by atoms with E-state index in [1.807, 2.05) is 4.90 Å². The highest BCUT2D eigenvalue weighted by atomic mass is 32.1. The number of carbonyl (C=O) groups excluding carboxylic acids is 2. The van der Waals surface area contributed by atoms with E-state index in [4.69, 9.17) is 5.73 Å². The van der Waals surface area contributed by atoms with Gasteiger partial charge < -0.3 is 10.6 Å². The number of amides is 1. The molecule has 1 amide bonds. The molecule has 1 aromatic heterocycles. The number of nitrogens with two attached hydrogens (primary N) is 1. The molecule has 1 aromatic rings. The first-order valence-electron chi connectivity index (χ1n) is 6.47. The van der Waals surface area contributed by atoms with Crippen molar-refractivity contribution in [3.05, 3.63) is 21.9 Å². The van der Waals surface area contributed by atoms with Crippen molar-refractivity contribution in [1.82, 2.24) is 4.90 Å². The Labute approximate surface area is 117 Å². The minimum Gasteiger partial charge on any atom is -0.337 e. The second-order valence-corrected chi connectivity index (χ2v) is 6.91. The number of ketones is 1. The molecule has 1 aliphatic rings. The Balaban J connectivity index is 2.13. The maximum atomic E-state index is 12.4. The molecular formula is C14H20N2O2S. The van der Waals surface area contributed by atoms with Crippen LogP contribution in [0.25, 0.3) is 0 Å². The van der Waals surface area contributed by atoms with Crippen LogP contribution >= 0.6 is 11.3 Å². The SMILES string of the molecule is CC(=O)c1ccc(C(=O)N2CCC(N)C(C)(C)C2)s1. The molecule has 0 aromatic carbocycles. The molecular weight excluding hydrogens is 260 g/mol. The first-order chi connectivity index (χ1) is 8.81. The van der Waals surface area contributed by atoms with Crippen LogP contribution in [-0.2, 0) is 0 Å². The molecule has 4 nitrogen and oxygen atoms in total. The van der Waals surface area contributed by atoms with E-state index in [0.717, 1.165) is 6.42 Å². The molecule has 0 radical (unpaired) electrons. The summed E-state index contributed by atoms with van der Waals surface area (Å²) >= 11 is 1.27. The molecule has 5 heteroatoms. The zero-order valence-electron chi connectivity index (χ0n) is 11.6. The fourth-order valence-corrected chi connectivity index (χ4v) is 3.21. The molecule has 2 heterocycles. The fraction of sp³-hybridized carbons (Fsp3) is 0.571. The zero-order valence-corrected chi connectivity index (χ0v) is 12.4. The van der Waals surface area contributed by atoms with Crippen molar-refractivity contribution in [3.8, 4) is 0 Å². The van der Waals surface area contributed by atoms with E-state index in [1.165, 1.54) is 18.3 Å². The second kappa shape index (κ2) is 5.06. The van der Waals surface area contributed by atoms with Gasteiger partial charge in [-0.05, 0) is 30.9 Å². The van der Waals surface area contributed by atoms with E-state index in [0.29, 0.717) is 22.8 Å². The topological polar surface area (TPSA) is 63.4 Å². The molecule has 2 rings (SSSR count). The summed E-state index contributed by atoms with van der Waals surface area (Å²) in [5.74, 6) is 0.0162. The summed E-state index contributed by atoms with van der Waals surface area (Å²) in [6.45, 7) is 7.05. The molecule has 1 aliphatic heterocycles.